The van der Waals surface area contributed by atoms with Crippen LogP contribution in [0.1, 0.15) is 29.6 Å². The number of aryl methyl sites for hydroxylation is 2. The van der Waals surface area contributed by atoms with Gasteiger partial charge in [0.25, 0.3) is 0 Å². The third kappa shape index (κ3) is 3.78. The minimum Gasteiger partial charge on any atom is -0.353 e. The second kappa shape index (κ2) is 7.17. The summed E-state index contributed by atoms with van der Waals surface area (Å²) in [5.41, 5.74) is 2.47. The zero-order valence-electron chi connectivity index (χ0n) is 14.9. The van der Waals surface area contributed by atoms with Gasteiger partial charge < -0.3 is 9.80 Å². The van der Waals surface area contributed by atoms with Crippen molar-refractivity contribution in [1.82, 2.24) is 14.9 Å². The monoisotopic (exact) mass is 342 g/mol. The van der Waals surface area contributed by atoms with Crippen LogP contribution in [0.2, 0.25) is 0 Å². The third-order valence-electron chi connectivity index (χ3n) is 4.65. The molecule has 1 amide bonds. The Balaban J connectivity index is 1.91. The van der Waals surface area contributed by atoms with Crippen molar-refractivity contribution in [3.8, 4) is 0 Å². The Kier molecular flexibility index (Phi) is 4.97. The Morgan fingerprint density at radius 2 is 1.80 bits per heavy atom. The van der Waals surface area contributed by atoms with E-state index in [4.69, 9.17) is 0 Å². The molecule has 0 bridgehead atoms. The fourth-order valence-corrected chi connectivity index (χ4v) is 3.25. The number of benzene rings is 1. The van der Waals surface area contributed by atoms with Crippen LogP contribution in [-0.4, -0.2) is 47.0 Å². The standard InChI is InChI=1S/C19H23FN4O/c1-13-17(12-16-6-4-5-7-18(16)20)19(22-14(2)21-13)24-10-8-23(9-11-24)15(3)25/h4-7H,8-12H2,1-3H3. The predicted octanol–water partition coefficient (Wildman–Crippen LogP) is 2.49. The first-order valence-corrected chi connectivity index (χ1v) is 8.53. The van der Waals surface area contributed by atoms with E-state index in [9.17, 15) is 9.18 Å². The van der Waals surface area contributed by atoms with E-state index < -0.39 is 0 Å². The lowest BCUT2D eigenvalue weighted by molar-refractivity contribution is -0.129. The molecule has 6 heteroatoms. The highest BCUT2D eigenvalue weighted by Gasteiger charge is 2.23. The highest BCUT2D eigenvalue weighted by atomic mass is 19.1. The molecule has 5 nitrogen and oxygen atoms in total. The van der Waals surface area contributed by atoms with Crippen molar-refractivity contribution in [2.24, 2.45) is 0 Å². The molecule has 0 spiro atoms. The number of amides is 1. The first-order chi connectivity index (χ1) is 12.0. The van der Waals surface area contributed by atoms with Gasteiger partial charge in [-0.1, -0.05) is 18.2 Å². The number of nitrogens with zero attached hydrogens (tertiary/aromatic N) is 4. The molecule has 0 unspecified atom stereocenters. The van der Waals surface area contributed by atoms with Crippen molar-refractivity contribution in [3.05, 3.63) is 52.7 Å². The van der Waals surface area contributed by atoms with Gasteiger partial charge in [0.1, 0.15) is 17.5 Å². The summed E-state index contributed by atoms with van der Waals surface area (Å²) in [6, 6.07) is 6.81. The van der Waals surface area contributed by atoms with Crippen LogP contribution in [0, 0.1) is 19.7 Å². The second-order valence-corrected chi connectivity index (χ2v) is 6.42. The zero-order chi connectivity index (χ0) is 18.0. The van der Waals surface area contributed by atoms with Gasteiger partial charge in [0.2, 0.25) is 5.91 Å². The van der Waals surface area contributed by atoms with Crippen LogP contribution in [-0.2, 0) is 11.2 Å². The first kappa shape index (κ1) is 17.3. The van der Waals surface area contributed by atoms with Crippen LogP contribution in [0.3, 0.4) is 0 Å². The maximum atomic E-state index is 14.1. The SMILES string of the molecule is CC(=O)N1CCN(c2nc(C)nc(C)c2Cc2ccccc2F)CC1. The summed E-state index contributed by atoms with van der Waals surface area (Å²) in [5, 5.41) is 0. The van der Waals surface area contributed by atoms with E-state index in [0.29, 0.717) is 30.9 Å². The lowest BCUT2D eigenvalue weighted by atomic mass is 10.0. The number of carbonyl (C=O) groups excluding carboxylic acids is 1. The summed E-state index contributed by atoms with van der Waals surface area (Å²) in [6.45, 7) is 8.21. The predicted molar refractivity (Wildman–Crippen MR) is 95.2 cm³/mol. The van der Waals surface area contributed by atoms with Gasteiger partial charge in [-0.3, -0.25) is 4.79 Å². The summed E-state index contributed by atoms with van der Waals surface area (Å²) >= 11 is 0. The molecule has 1 aliphatic heterocycles. The van der Waals surface area contributed by atoms with E-state index in [1.54, 1.807) is 19.1 Å². The Bertz CT molecular complexity index is 785. The number of rotatable bonds is 3. The van der Waals surface area contributed by atoms with Crippen molar-refractivity contribution in [1.29, 1.82) is 0 Å². The van der Waals surface area contributed by atoms with Gasteiger partial charge in [0, 0.05) is 50.8 Å². The van der Waals surface area contributed by atoms with Crippen molar-refractivity contribution in [2.45, 2.75) is 27.2 Å². The lowest BCUT2D eigenvalue weighted by Crippen LogP contribution is -2.48. The molecule has 1 saturated heterocycles. The maximum Gasteiger partial charge on any atom is 0.219 e. The van der Waals surface area contributed by atoms with Gasteiger partial charge in [-0.25, -0.2) is 14.4 Å². The van der Waals surface area contributed by atoms with E-state index in [1.807, 2.05) is 24.8 Å². The fraction of sp³-hybridized carbons (Fsp3) is 0.421. The molecule has 1 aliphatic rings. The largest absolute Gasteiger partial charge is 0.353 e. The lowest BCUT2D eigenvalue weighted by Gasteiger charge is -2.36. The summed E-state index contributed by atoms with van der Waals surface area (Å²) in [7, 11) is 0. The van der Waals surface area contributed by atoms with Crippen LogP contribution in [0.5, 0.6) is 0 Å². The van der Waals surface area contributed by atoms with Crippen LogP contribution in [0.4, 0.5) is 10.2 Å². The smallest absolute Gasteiger partial charge is 0.219 e. The maximum absolute atomic E-state index is 14.1. The molecule has 0 aliphatic carbocycles. The van der Waals surface area contributed by atoms with Crippen molar-refractivity contribution >= 4 is 11.7 Å². The van der Waals surface area contributed by atoms with Crippen LogP contribution in [0.15, 0.2) is 24.3 Å². The fourth-order valence-electron chi connectivity index (χ4n) is 3.25. The normalized spacial score (nSPS) is 14.7. The van der Waals surface area contributed by atoms with Gasteiger partial charge in [0.15, 0.2) is 0 Å². The molecule has 1 aromatic carbocycles. The Labute approximate surface area is 147 Å². The Morgan fingerprint density at radius 3 is 2.44 bits per heavy atom. The van der Waals surface area contributed by atoms with E-state index in [2.05, 4.69) is 14.9 Å². The molecule has 3 rings (SSSR count). The van der Waals surface area contributed by atoms with Crippen LogP contribution >= 0.6 is 0 Å². The molecular weight excluding hydrogens is 319 g/mol. The number of carbonyl (C=O) groups is 1. The summed E-state index contributed by atoms with van der Waals surface area (Å²) < 4.78 is 14.1. The van der Waals surface area contributed by atoms with Crippen LogP contribution < -0.4 is 4.90 Å². The van der Waals surface area contributed by atoms with Gasteiger partial charge in [0.05, 0.1) is 0 Å². The average Bonchev–Trinajstić information content (AvgIpc) is 2.58. The molecule has 0 atom stereocenters. The Hall–Kier alpha value is -2.50. The van der Waals surface area contributed by atoms with E-state index >= 15 is 0 Å². The number of anilines is 1. The highest BCUT2D eigenvalue weighted by molar-refractivity contribution is 5.73. The molecule has 132 valence electrons. The van der Waals surface area contributed by atoms with Gasteiger partial charge >= 0.3 is 0 Å². The minimum absolute atomic E-state index is 0.0984. The second-order valence-electron chi connectivity index (χ2n) is 6.42. The van der Waals surface area contributed by atoms with E-state index in [-0.39, 0.29) is 11.7 Å². The van der Waals surface area contributed by atoms with Crippen LogP contribution in [0.25, 0.3) is 0 Å². The van der Waals surface area contributed by atoms with E-state index in [1.165, 1.54) is 6.07 Å². The molecule has 1 aromatic heterocycles. The average molecular weight is 342 g/mol. The number of piperazine rings is 1. The third-order valence-corrected chi connectivity index (χ3v) is 4.65. The molecule has 25 heavy (non-hydrogen) atoms. The van der Waals surface area contributed by atoms with Gasteiger partial charge in [-0.2, -0.15) is 0 Å². The molecule has 0 N–H and O–H groups in total. The van der Waals surface area contributed by atoms with E-state index in [0.717, 1.165) is 30.2 Å². The van der Waals surface area contributed by atoms with Gasteiger partial charge in [-0.05, 0) is 25.5 Å². The first-order valence-electron chi connectivity index (χ1n) is 8.53. The molecular formula is C19H23FN4O. The van der Waals surface area contributed by atoms with Gasteiger partial charge in [-0.15, -0.1) is 0 Å². The summed E-state index contributed by atoms with van der Waals surface area (Å²) in [4.78, 5) is 24.7. The van der Waals surface area contributed by atoms with Crippen molar-refractivity contribution < 1.29 is 9.18 Å². The molecule has 2 aromatic rings. The molecule has 0 saturated carbocycles. The summed E-state index contributed by atoms with van der Waals surface area (Å²) in [5.74, 6) is 1.45. The van der Waals surface area contributed by atoms with Crippen molar-refractivity contribution in [2.75, 3.05) is 31.1 Å². The molecule has 2 heterocycles. The number of aromatic nitrogens is 2. The topological polar surface area (TPSA) is 49.3 Å². The highest BCUT2D eigenvalue weighted by Crippen LogP contribution is 2.26. The number of hydrogen-bond donors (Lipinski definition) is 0. The zero-order valence-corrected chi connectivity index (χ0v) is 14.9. The Morgan fingerprint density at radius 1 is 1.12 bits per heavy atom. The molecule has 0 radical (unpaired) electrons. The van der Waals surface area contributed by atoms with Crippen molar-refractivity contribution in [3.63, 3.8) is 0 Å². The number of hydrogen-bond acceptors (Lipinski definition) is 4. The number of halogens is 1. The quantitative estimate of drug-likeness (QED) is 0.860. The minimum atomic E-state index is -0.213. The summed E-state index contributed by atoms with van der Waals surface area (Å²) in [6.07, 6.45) is 0.459. The molecule has 1 fully saturated rings.